The molecule has 20 heavy (non-hydrogen) atoms. The van der Waals surface area contributed by atoms with Crippen LogP contribution < -0.4 is 4.90 Å². The SMILES string of the molecule is Cc1ccc(N(Cc2ccccc2)C(=O)CCl)cc1Cl. The van der Waals surface area contributed by atoms with Gasteiger partial charge in [-0.1, -0.05) is 48.0 Å². The second kappa shape index (κ2) is 6.78. The van der Waals surface area contributed by atoms with Gasteiger partial charge in [0.25, 0.3) is 0 Å². The highest BCUT2D eigenvalue weighted by atomic mass is 35.5. The van der Waals surface area contributed by atoms with Crippen LogP contribution in [0.25, 0.3) is 0 Å². The summed E-state index contributed by atoms with van der Waals surface area (Å²) in [4.78, 5) is 13.7. The molecule has 2 aromatic carbocycles. The predicted molar refractivity (Wildman–Crippen MR) is 84.5 cm³/mol. The second-order valence-electron chi connectivity index (χ2n) is 4.53. The highest BCUT2D eigenvalue weighted by molar-refractivity contribution is 6.32. The number of rotatable bonds is 4. The third-order valence-corrected chi connectivity index (χ3v) is 3.70. The lowest BCUT2D eigenvalue weighted by Crippen LogP contribution is -2.31. The van der Waals surface area contributed by atoms with E-state index in [2.05, 4.69) is 0 Å². The first-order chi connectivity index (χ1) is 9.61. The second-order valence-corrected chi connectivity index (χ2v) is 5.21. The van der Waals surface area contributed by atoms with Crippen LogP contribution in [-0.4, -0.2) is 11.8 Å². The molecule has 0 atom stereocenters. The quantitative estimate of drug-likeness (QED) is 0.766. The minimum Gasteiger partial charge on any atom is -0.307 e. The first-order valence-electron chi connectivity index (χ1n) is 6.28. The van der Waals surface area contributed by atoms with Crippen LogP contribution in [0.4, 0.5) is 5.69 Å². The molecule has 0 bridgehead atoms. The van der Waals surface area contributed by atoms with Crippen LogP contribution in [-0.2, 0) is 11.3 Å². The number of carbonyl (C=O) groups is 1. The number of halogens is 2. The fourth-order valence-corrected chi connectivity index (χ4v) is 2.23. The summed E-state index contributed by atoms with van der Waals surface area (Å²) in [6.07, 6.45) is 0. The molecule has 0 aliphatic heterocycles. The Morgan fingerprint density at radius 1 is 1.15 bits per heavy atom. The van der Waals surface area contributed by atoms with Crippen molar-refractivity contribution in [3.63, 3.8) is 0 Å². The van der Waals surface area contributed by atoms with Crippen LogP contribution in [0, 0.1) is 6.92 Å². The summed E-state index contributed by atoms with van der Waals surface area (Å²) in [6, 6.07) is 15.4. The molecule has 0 aromatic heterocycles. The van der Waals surface area contributed by atoms with Crippen molar-refractivity contribution in [1.29, 1.82) is 0 Å². The number of anilines is 1. The third kappa shape index (κ3) is 3.53. The highest BCUT2D eigenvalue weighted by Crippen LogP contribution is 2.24. The van der Waals surface area contributed by atoms with Gasteiger partial charge in [-0.2, -0.15) is 0 Å². The first kappa shape index (κ1) is 14.9. The highest BCUT2D eigenvalue weighted by Gasteiger charge is 2.16. The zero-order chi connectivity index (χ0) is 14.5. The topological polar surface area (TPSA) is 20.3 Å². The van der Waals surface area contributed by atoms with Gasteiger partial charge in [0.1, 0.15) is 5.88 Å². The maximum Gasteiger partial charge on any atom is 0.242 e. The van der Waals surface area contributed by atoms with Crippen LogP contribution in [0.15, 0.2) is 48.5 Å². The van der Waals surface area contributed by atoms with Gasteiger partial charge >= 0.3 is 0 Å². The molecule has 0 N–H and O–H groups in total. The summed E-state index contributed by atoms with van der Waals surface area (Å²) in [5, 5.41) is 0.642. The maximum absolute atomic E-state index is 12.1. The number of hydrogen-bond donors (Lipinski definition) is 0. The minimum absolute atomic E-state index is 0.0572. The largest absolute Gasteiger partial charge is 0.307 e. The molecule has 1 amide bonds. The zero-order valence-electron chi connectivity index (χ0n) is 11.1. The lowest BCUT2D eigenvalue weighted by molar-refractivity contribution is -0.116. The van der Waals surface area contributed by atoms with Gasteiger partial charge in [-0.25, -0.2) is 0 Å². The summed E-state index contributed by atoms with van der Waals surface area (Å²) in [5.41, 5.74) is 2.78. The predicted octanol–water partition coefficient (Wildman–Crippen LogP) is 4.42. The fraction of sp³-hybridized carbons (Fsp3) is 0.188. The van der Waals surface area contributed by atoms with Crippen LogP contribution in [0.2, 0.25) is 5.02 Å². The average molecular weight is 308 g/mol. The molecule has 0 spiro atoms. The Labute approximate surface area is 128 Å². The lowest BCUT2D eigenvalue weighted by Gasteiger charge is -2.22. The Bertz CT molecular complexity index is 599. The van der Waals surface area contributed by atoms with Crippen molar-refractivity contribution >= 4 is 34.8 Å². The number of benzene rings is 2. The van der Waals surface area contributed by atoms with Crippen LogP contribution in [0.3, 0.4) is 0 Å². The zero-order valence-corrected chi connectivity index (χ0v) is 12.7. The molecule has 0 radical (unpaired) electrons. The molecule has 0 unspecified atom stereocenters. The van der Waals surface area contributed by atoms with Crippen molar-refractivity contribution in [3.8, 4) is 0 Å². The Balaban J connectivity index is 2.32. The van der Waals surface area contributed by atoms with Crippen molar-refractivity contribution in [1.82, 2.24) is 0 Å². The van der Waals surface area contributed by atoms with Gasteiger partial charge in [-0.05, 0) is 30.2 Å². The number of carbonyl (C=O) groups excluding carboxylic acids is 1. The van der Waals surface area contributed by atoms with Crippen molar-refractivity contribution in [2.45, 2.75) is 13.5 Å². The normalized spacial score (nSPS) is 10.3. The molecule has 0 saturated heterocycles. The van der Waals surface area contributed by atoms with Crippen molar-refractivity contribution in [2.75, 3.05) is 10.8 Å². The van der Waals surface area contributed by atoms with Gasteiger partial charge in [0.05, 0.1) is 6.54 Å². The molecule has 0 aliphatic carbocycles. The van der Waals surface area contributed by atoms with E-state index in [1.807, 2.05) is 49.4 Å². The van der Waals surface area contributed by atoms with E-state index in [1.54, 1.807) is 11.0 Å². The van der Waals surface area contributed by atoms with Gasteiger partial charge in [0, 0.05) is 10.7 Å². The molecule has 4 heteroatoms. The Hall–Kier alpha value is -1.51. The molecule has 0 saturated carbocycles. The van der Waals surface area contributed by atoms with E-state index in [4.69, 9.17) is 23.2 Å². The van der Waals surface area contributed by atoms with Crippen molar-refractivity contribution in [2.24, 2.45) is 0 Å². The maximum atomic E-state index is 12.1. The summed E-state index contributed by atoms with van der Waals surface area (Å²) < 4.78 is 0. The van der Waals surface area contributed by atoms with Crippen LogP contribution in [0.1, 0.15) is 11.1 Å². The standard InChI is InChI=1S/C16H15Cl2NO/c1-12-7-8-14(9-15(12)18)19(16(20)10-17)11-13-5-3-2-4-6-13/h2-9H,10-11H2,1H3. The van der Waals surface area contributed by atoms with Crippen molar-refractivity contribution < 1.29 is 4.79 Å². The van der Waals surface area contributed by atoms with Crippen molar-refractivity contribution in [3.05, 3.63) is 64.7 Å². The summed E-state index contributed by atoms with van der Waals surface area (Å²) in [5.74, 6) is -0.200. The van der Waals surface area contributed by atoms with E-state index in [9.17, 15) is 4.79 Å². The first-order valence-corrected chi connectivity index (χ1v) is 7.19. The van der Waals surface area contributed by atoms with Gasteiger partial charge < -0.3 is 4.90 Å². The molecule has 0 heterocycles. The molecule has 0 fully saturated rings. The molecule has 0 aliphatic rings. The van der Waals surface area contributed by atoms with Gasteiger partial charge in [-0.3, -0.25) is 4.79 Å². The van der Waals surface area contributed by atoms with Gasteiger partial charge in [-0.15, -0.1) is 11.6 Å². The van der Waals surface area contributed by atoms with E-state index in [-0.39, 0.29) is 11.8 Å². The molecular weight excluding hydrogens is 293 g/mol. The lowest BCUT2D eigenvalue weighted by atomic mass is 10.1. The van der Waals surface area contributed by atoms with E-state index in [1.165, 1.54) is 0 Å². The molecular formula is C16H15Cl2NO. The number of amides is 1. The fourth-order valence-electron chi connectivity index (χ4n) is 1.91. The molecule has 2 nitrogen and oxygen atoms in total. The molecule has 2 rings (SSSR count). The average Bonchev–Trinajstić information content (AvgIpc) is 2.48. The molecule has 104 valence electrons. The third-order valence-electron chi connectivity index (χ3n) is 3.07. The van der Waals surface area contributed by atoms with E-state index in [0.29, 0.717) is 11.6 Å². The van der Waals surface area contributed by atoms with Crippen LogP contribution >= 0.6 is 23.2 Å². The number of aryl methyl sites for hydroxylation is 1. The summed E-state index contributed by atoms with van der Waals surface area (Å²) in [7, 11) is 0. The van der Waals surface area contributed by atoms with E-state index < -0.39 is 0 Å². The Kier molecular flexibility index (Phi) is 5.05. The van der Waals surface area contributed by atoms with Gasteiger partial charge in [0.2, 0.25) is 5.91 Å². The van der Waals surface area contributed by atoms with Gasteiger partial charge in [0.15, 0.2) is 0 Å². The monoisotopic (exact) mass is 307 g/mol. The number of alkyl halides is 1. The van der Waals surface area contributed by atoms with E-state index in [0.717, 1.165) is 16.8 Å². The number of hydrogen-bond acceptors (Lipinski definition) is 1. The molecule has 2 aromatic rings. The number of nitrogens with zero attached hydrogens (tertiary/aromatic N) is 1. The minimum atomic E-state index is -0.143. The summed E-state index contributed by atoms with van der Waals surface area (Å²) >= 11 is 11.8. The summed E-state index contributed by atoms with van der Waals surface area (Å²) in [6.45, 7) is 2.41. The Morgan fingerprint density at radius 3 is 2.45 bits per heavy atom. The van der Waals surface area contributed by atoms with Crippen LogP contribution in [0.5, 0.6) is 0 Å². The Morgan fingerprint density at radius 2 is 1.85 bits per heavy atom. The van der Waals surface area contributed by atoms with E-state index >= 15 is 0 Å². The smallest absolute Gasteiger partial charge is 0.242 e.